The van der Waals surface area contributed by atoms with Gasteiger partial charge in [-0.05, 0) is 41.1 Å². The third-order valence-corrected chi connectivity index (χ3v) is 3.83. The van der Waals surface area contributed by atoms with Crippen molar-refractivity contribution in [2.24, 2.45) is 0 Å². The highest BCUT2D eigenvalue weighted by Gasteiger charge is 2.16. The standard InChI is InChI=1S/C15H15BrN4O/c1-3-20-14(13(16)9-18-20)10-19(2)15(21)12-6-4-5-11(7-12)8-17/h4-7,9H,3,10H2,1-2H3. The van der Waals surface area contributed by atoms with E-state index in [1.165, 1.54) is 0 Å². The fourth-order valence-electron chi connectivity index (χ4n) is 2.06. The van der Waals surface area contributed by atoms with E-state index in [1.807, 2.05) is 17.7 Å². The lowest BCUT2D eigenvalue weighted by Crippen LogP contribution is -2.27. The molecule has 21 heavy (non-hydrogen) atoms. The van der Waals surface area contributed by atoms with Crippen molar-refractivity contribution in [2.75, 3.05) is 7.05 Å². The molecule has 0 unspecified atom stereocenters. The van der Waals surface area contributed by atoms with Crippen LogP contribution in [-0.4, -0.2) is 27.6 Å². The summed E-state index contributed by atoms with van der Waals surface area (Å²) < 4.78 is 2.73. The van der Waals surface area contributed by atoms with E-state index in [4.69, 9.17) is 5.26 Å². The highest BCUT2D eigenvalue weighted by Crippen LogP contribution is 2.18. The first-order chi connectivity index (χ1) is 10.1. The molecule has 0 aliphatic carbocycles. The molecule has 1 aromatic heterocycles. The number of halogens is 1. The fraction of sp³-hybridized carbons (Fsp3) is 0.267. The molecule has 0 aliphatic rings. The van der Waals surface area contributed by atoms with Crippen molar-refractivity contribution in [3.05, 3.63) is 51.8 Å². The Balaban J connectivity index is 2.19. The maximum Gasteiger partial charge on any atom is 0.253 e. The van der Waals surface area contributed by atoms with Crippen LogP contribution in [0.4, 0.5) is 0 Å². The van der Waals surface area contributed by atoms with Gasteiger partial charge in [-0.2, -0.15) is 10.4 Å². The molecule has 0 bridgehead atoms. The molecule has 0 saturated carbocycles. The number of aromatic nitrogens is 2. The molecule has 0 radical (unpaired) electrons. The van der Waals surface area contributed by atoms with E-state index < -0.39 is 0 Å². The van der Waals surface area contributed by atoms with Gasteiger partial charge in [-0.15, -0.1) is 0 Å². The second kappa shape index (κ2) is 6.55. The zero-order valence-corrected chi connectivity index (χ0v) is 13.5. The van der Waals surface area contributed by atoms with E-state index in [9.17, 15) is 4.79 Å². The molecule has 1 aromatic carbocycles. The maximum atomic E-state index is 12.4. The molecule has 2 aromatic rings. The summed E-state index contributed by atoms with van der Waals surface area (Å²) in [5.74, 6) is -0.122. The summed E-state index contributed by atoms with van der Waals surface area (Å²) in [6.45, 7) is 3.19. The van der Waals surface area contributed by atoms with Crippen LogP contribution in [-0.2, 0) is 13.1 Å². The number of nitriles is 1. The number of carbonyl (C=O) groups excluding carboxylic acids is 1. The molecule has 0 fully saturated rings. The van der Waals surface area contributed by atoms with E-state index in [1.54, 1.807) is 42.4 Å². The Morgan fingerprint density at radius 1 is 1.52 bits per heavy atom. The van der Waals surface area contributed by atoms with Gasteiger partial charge in [0.2, 0.25) is 0 Å². The number of aryl methyl sites for hydroxylation is 1. The van der Waals surface area contributed by atoms with Crippen molar-refractivity contribution in [3.63, 3.8) is 0 Å². The topological polar surface area (TPSA) is 61.9 Å². The molecule has 0 aliphatic heterocycles. The lowest BCUT2D eigenvalue weighted by Gasteiger charge is -2.18. The molecule has 0 saturated heterocycles. The Morgan fingerprint density at radius 2 is 2.29 bits per heavy atom. The highest BCUT2D eigenvalue weighted by molar-refractivity contribution is 9.10. The van der Waals surface area contributed by atoms with Gasteiger partial charge in [-0.1, -0.05) is 6.07 Å². The summed E-state index contributed by atoms with van der Waals surface area (Å²) in [6, 6.07) is 8.75. The molecule has 5 nitrogen and oxygen atoms in total. The average Bonchev–Trinajstić information content (AvgIpc) is 2.86. The van der Waals surface area contributed by atoms with Gasteiger partial charge in [0.15, 0.2) is 0 Å². The third kappa shape index (κ3) is 3.31. The lowest BCUT2D eigenvalue weighted by atomic mass is 10.1. The van der Waals surface area contributed by atoms with Gasteiger partial charge < -0.3 is 4.90 Å². The van der Waals surface area contributed by atoms with Crippen molar-refractivity contribution in [1.82, 2.24) is 14.7 Å². The van der Waals surface area contributed by atoms with Crippen molar-refractivity contribution in [2.45, 2.75) is 20.0 Å². The van der Waals surface area contributed by atoms with Crippen LogP contribution < -0.4 is 0 Å². The fourth-order valence-corrected chi connectivity index (χ4v) is 2.48. The number of amides is 1. The normalized spacial score (nSPS) is 10.2. The smallest absolute Gasteiger partial charge is 0.253 e. The minimum Gasteiger partial charge on any atom is -0.336 e. The molecule has 0 N–H and O–H groups in total. The Labute approximate surface area is 131 Å². The number of hydrogen-bond donors (Lipinski definition) is 0. The molecular weight excluding hydrogens is 332 g/mol. The molecule has 0 spiro atoms. The van der Waals surface area contributed by atoms with Gasteiger partial charge in [-0.3, -0.25) is 9.48 Å². The summed E-state index contributed by atoms with van der Waals surface area (Å²) in [4.78, 5) is 14.0. The number of carbonyl (C=O) groups is 1. The van der Waals surface area contributed by atoms with Gasteiger partial charge >= 0.3 is 0 Å². The van der Waals surface area contributed by atoms with Gasteiger partial charge in [0.05, 0.1) is 34.5 Å². The van der Waals surface area contributed by atoms with Crippen LogP contribution in [0.25, 0.3) is 0 Å². The molecular formula is C15H15BrN4O. The average molecular weight is 347 g/mol. The van der Waals surface area contributed by atoms with E-state index in [2.05, 4.69) is 21.0 Å². The second-order valence-corrected chi connectivity index (χ2v) is 5.46. The van der Waals surface area contributed by atoms with Crippen molar-refractivity contribution in [1.29, 1.82) is 5.26 Å². The highest BCUT2D eigenvalue weighted by atomic mass is 79.9. The van der Waals surface area contributed by atoms with Crippen molar-refractivity contribution >= 4 is 21.8 Å². The summed E-state index contributed by atoms with van der Waals surface area (Å²) in [6.07, 6.45) is 1.73. The van der Waals surface area contributed by atoms with Crippen LogP contribution in [0, 0.1) is 11.3 Å². The number of nitrogens with zero attached hydrogens (tertiary/aromatic N) is 4. The van der Waals surface area contributed by atoms with Crippen LogP contribution in [0.2, 0.25) is 0 Å². The number of benzene rings is 1. The molecule has 108 valence electrons. The summed E-state index contributed by atoms with van der Waals surface area (Å²) >= 11 is 3.45. The van der Waals surface area contributed by atoms with Crippen molar-refractivity contribution in [3.8, 4) is 6.07 Å². The van der Waals surface area contributed by atoms with Crippen LogP contribution in [0.3, 0.4) is 0 Å². The minimum atomic E-state index is -0.122. The van der Waals surface area contributed by atoms with Crippen LogP contribution >= 0.6 is 15.9 Å². The van der Waals surface area contributed by atoms with Crippen LogP contribution in [0.5, 0.6) is 0 Å². The van der Waals surface area contributed by atoms with Gasteiger partial charge in [0.25, 0.3) is 5.91 Å². The predicted octanol–water partition coefficient (Wildman–Crippen LogP) is 2.81. The van der Waals surface area contributed by atoms with Crippen molar-refractivity contribution < 1.29 is 4.79 Å². The zero-order valence-electron chi connectivity index (χ0n) is 11.9. The number of hydrogen-bond acceptors (Lipinski definition) is 3. The summed E-state index contributed by atoms with van der Waals surface area (Å²) in [5.41, 5.74) is 1.94. The SMILES string of the molecule is CCn1ncc(Br)c1CN(C)C(=O)c1cccc(C#N)c1. The summed E-state index contributed by atoms with van der Waals surface area (Å²) in [7, 11) is 1.74. The van der Waals surface area contributed by atoms with Gasteiger partial charge in [-0.25, -0.2) is 0 Å². The van der Waals surface area contributed by atoms with E-state index in [0.717, 1.165) is 16.7 Å². The maximum absolute atomic E-state index is 12.4. The molecule has 1 heterocycles. The monoisotopic (exact) mass is 346 g/mol. The van der Waals surface area contributed by atoms with E-state index in [0.29, 0.717) is 17.7 Å². The Bertz CT molecular complexity index is 702. The Hall–Kier alpha value is -2.13. The largest absolute Gasteiger partial charge is 0.336 e. The first kappa shape index (κ1) is 15.3. The third-order valence-electron chi connectivity index (χ3n) is 3.17. The quantitative estimate of drug-likeness (QED) is 0.854. The van der Waals surface area contributed by atoms with E-state index >= 15 is 0 Å². The van der Waals surface area contributed by atoms with E-state index in [-0.39, 0.29) is 5.91 Å². The molecule has 0 atom stereocenters. The molecule has 2 rings (SSSR count). The summed E-state index contributed by atoms with van der Waals surface area (Å²) in [5, 5.41) is 13.1. The second-order valence-electron chi connectivity index (χ2n) is 4.61. The van der Waals surface area contributed by atoms with Gasteiger partial charge in [0, 0.05) is 19.2 Å². The first-order valence-electron chi connectivity index (χ1n) is 6.52. The molecule has 1 amide bonds. The van der Waals surface area contributed by atoms with Gasteiger partial charge in [0.1, 0.15) is 0 Å². The minimum absolute atomic E-state index is 0.122. The Kier molecular flexibility index (Phi) is 4.76. The predicted molar refractivity (Wildman–Crippen MR) is 82.6 cm³/mol. The zero-order chi connectivity index (χ0) is 15.4. The first-order valence-corrected chi connectivity index (χ1v) is 7.32. The Morgan fingerprint density at radius 3 is 2.95 bits per heavy atom. The van der Waals surface area contributed by atoms with Crippen LogP contribution in [0.15, 0.2) is 34.9 Å². The van der Waals surface area contributed by atoms with Crippen LogP contribution in [0.1, 0.15) is 28.5 Å². The lowest BCUT2D eigenvalue weighted by molar-refractivity contribution is 0.0781. The number of rotatable bonds is 4. The molecule has 6 heteroatoms.